The summed E-state index contributed by atoms with van der Waals surface area (Å²) in [6.45, 7) is 2.52. The van der Waals surface area contributed by atoms with Crippen molar-refractivity contribution in [3.63, 3.8) is 0 Å². The molecule has 1 N–H and O–H groups in total. The molecule has 0 aliphatic carbocycles. The zero-order chi connectivity index (χ0) is 13.7. The first-order valence-corrected chi connectivity index (χ1v) is 5.97. The highest BCUT2D eigenvalue weighted by Gasteiger charge is 2.05. The fourth-order valence-electron chi connectivity index (χ4n) is 1.76. The van der Waals surface area contributed by atoms with E-state index < -0.39 is 0 Å². The van der Waals surface area contributed by atoms with Gasteiger partial charge in [-0.3, -0.25) is 0 Å². The molecule has 4 heteroatoms. The molecular formula is C15H15N3O. The van der Waals surface area contributed by atoms with Crippen LogP contribution < -0.4 is 10.1 Å². The Bertz CT molecular complexity index is 600. The lowest BCUT2D eigenvalue weighted by Crippen LogP contribution is -2.04. The van der Waals surface area contributed by atoms with E-state index in [1.165, 1.54) is 0 Å². The van der Waals surface area contributed by atoms with Gasteiger partial charge < -0.3 is 10.1 Å². The van der Waals surface area contributed by atoms with Crippen molar-refractivity contribution in [3.8, 4) is 11.8 Å². The van der Waals surface area contributed by atoms with Crippen LogP contribution >= 0.6 is 0 Å². The average molecular weight is 253 g/mol. The van der Waals surface area contributed by atoms with E-state index in [-0.39, 0.29) is 0 Å². The second-order valence-electron chi connectivity index (χ2n) is 4.16. The molecular weight excluding hydrogens is 238 g/mol. The van der Waals surface area contributed by atoms with E-state index in [9.17, 15) is 0 Å². The third-order valence-electron chi connectivity index (χ3n) is 2.89. The minimum absolute atomic E-state index is 0.594. The molecule has 0 aliphatic rings. The van der Waals surface area contributed by atoms with Crippen molar-refractivity contribution in [2.45, 2.75) is 13.5 Å². The fraction of sp³-hybridized carbons (Fsp3) is 0.200. The predicted octanol–water partition coefficient (Wildman–Crippen LogP) is 2.88. The van der Waals surface area contributed by atoms with Crippen molar-refractivity contribution in [1.29, 1.82) is 5.26 Å². The first-order valence-electron chi connectivity index (χ1n) is 5.97. The van der Waals surface area contributed by atoms with Gasteiger partial charge in [0.25, 0.3) is 0 Å². The van der Waals surface area contributed by atoms with Crippen LogP contribution in [0.4, 0.5) is 5.82 Å². The number of benzene rings is 1. The first-order chi connectivity index (χ1) is 9.24. The Morgan fingerprint density at radius 3 is 2.63 bits per heavy atom. The molecule has 1 aromatic heterocycles. The SMILES string of the molecule is COc1ccc(CNc2nccc(C)c2C#N)cc1. The molecule has 0 saturated carbocycles. The number of hydrogen-bond acceptors (Lipinski definition) is 4. The van der Waals surface area contributed by atoms with E-state index >= 15 is 0 Å². The van der Waals surface area contributed by atoms with E-state index in [0.717, 1.165) is 16.9 Å². The highest BCUT2D eigenvalue weighted by atomic mass is 16.5. The van der Waals surface area contributed by atoms with E-state index in [1.807, 2.05) is 37.3 Å². The standard InChI is InChI=1S/C15H15N3O/c1-11-7-8-17-15(14(11)9-16)18-10-12-3-5-13(19-2)6-4-12/h3-8H,10H2,1-2H3,(H,17,18). The third-order valence-corrected chi connectivity index (χ3v) is 2.89. The summed E-state index contributed by atoms with van der Waals surface area (Å²) >= 11 is 0. The van der Waals surface area contributed by atoms with Gasteiger partial charge in [0, 0.05) is 12.7 Å². The summed E-state index contributed by atoms with van der Waals surface area (Å²) in [6.07, 6.45) is 1.70. The number of hydrogen-bond donors (Lipinski definition) is 1. The van der Waals surface area contributed by atoms with Gasteiger partial charge in [-0.2, -0.15) is 5.26 Å². The van der Waals surface area contributed by atoms with E-state index in [1.54, 1.807) is 13.3 Å². The Hall–Kier alpha value is -2.54. The van der Waals surface area contributed by atoms with Crippen LogP contribution in [0.5, 0.6) is 5.75 Å². The number of aryl methyl sites for hydroxylation is 1. The summed E-state index contributed by atoms with van der Waals surface area (Å²) in [5.41, 5.74) is 2.62. The summed E-state index contributed by atoms with van der Waals surface area (Å²) in [7, 11) is 1.64. The lowest BCUT2D eigenvalue weighted by molar-refractivity contribution is 0.414. The number of pyridine rings is 1. The van der Waals surface area contributed by atoms with Crippen LogP contribution in [0.1, 0.15) is 16.7 Å². The molecule has 0 spiro atoms. The number of rotatable bonds is 4. The van der Waals surface area contributed by atoms with Gasteiger partial charge in [0.05, 0.1) is 12.7 Å². The molecule has 0 bridgehead atoms. The molecule has 1 aromatic carbocycles. The summed E-state index contributed by atoms with van der Waals surface area (Å²) < 4.78 is 5.11. The number of nitriles is 1. The van der Waals surface area contributed by atoms with Crippen LogP contribution in [0, 0.1) is 18.3 Å². The minimum atomic E-state index is 0.594. The van der Waals surface area contributed by atoms with Crippen LogP contribution in [0.2, 0.25) is 0 Å². The number of methoxy groups -OCH3 is 1. The van der Waals surface area contributed by atoms with Crippen molar-refractivity contribution in [3.05, 3.63) is 53.2 Å². The van der Waals surface area contributed by atoms with Crippen molar-refractivity contribution in [2.75, 3.05) is 12.4 Å². The van der Waals surface area contributed by atoms with Crippen LogP contribution in [-0.2, 0) is 6.54 Å². The minimum Gasteiger partial charge on any atom is -0.497 e. The second kappa shape index (κ2) is 5.87. The highest BCUT2D eigenvalue weighted by molar-refractivity contribution is 5.55. The normalized spacial score (nSPS) is 9.74. The van der Waals surface area contributed by atoms with Crippen LogP contribution in [-0.4, -0.2) is 12.1 Å². The van der Waals surface area contributed by atoms with Crippen molar-refractivity contribution < 1.29 is 4.74 Å². The topological polar surface area (TPSA) is 57.9 Å². The Morgan fingerprint density at radius 2 is 2.00 bits per heavy atom. The largest absolute Gasteiger partial charge is 0.497 e. The van der Waals surface area contributed by atoms with Gasteiger partial charge in [-0.15, -0.1) is 0 Å². The van der Waals surface area contributed by atoms with E-state index in [0.29, 0.717) is 17.9 Å². The molecule has 4 nitrogen and oxygen atoms in total. The first kappa shape index (κ1) is 12.9. The van der Waals surface area contributed by atoms with Gasteiger partial charge in [-0.25, -0.2) is 4.98 Å². The van der Waals surface area contributed by atoms with Crippen molar-refractivity contribution in [2.24, 2.45) is 0 Å². The van der Waals surface area contributed by atoms with Gasteiger partial charge in [0.2, 0.25) is 0 Å². The molecule has 0 amide bonds. The molecule has 0 aliphatic heterocycles. The quantitative estimate of drug-likeness (QED) is 0.910. The molecule has 1 heterocycles. The van der Waals surface area contributed by atoms with Crippen LogP contribution in [0.25, 0.3) is 0 Å². The molecule has 0 radical (unpaired) electrons. The summed E-state index contributed by atoms with van der Waals surface area (Å²) in [5.74, 6) is 1.45. The lowest BCUT2D eigenvalue weighted by atomic mass is 10.1. The zero-order valence-electron chi connectivity index (χ0n) is 11.0. The summed E-state index contributed by atoms with van der Waals surface area (Å²) in [6, 6.07) is 11.8. The molecule has 96 valence electrons. The van der Waals surface area contributed by atoms with Gasteiger partial charge in [0.1, 0.15) is 17.6 Å². The van der Waals surface area contributed by atoms with Crippen LogP contribution in [0.15, 0.2) is 36.5 Å². The third kappa shape index (κ3) is 3.02. The predicted molar refractivity (Wildman–Crippen MR) is 74.0 cm³/mol. The second-order valence-corrected chi connectivity index (χ2v) is 4.16. The Balaban J connectivity index is 2.10. The highest BCUT2D eigenvalue weighted by Crippen LogP contribution is 2.17. The molecule has 19 heavy (non-hydrogen) atoms. The monoisotopic (exact) mass is 253 g/mol. The number of aromatic nitrogens is 1. The molecule has 0 fully saturated rings. The number of ether oxygens (including phenoxy) is 1. The summed E-state index contributed by atoms with van der Waals surface area (Å²) in [5, 5.41) is 12.3. The van der Waals surface area contributed by atoms with Crippen molar-refractivity contribution >= 4 is 5.82 Å². The Kier molecular flexibility index (Phi) is 3.99. The lowest BCUT2D eigenvalue weighted by Gasteiger charge is -2.09. The molecule has 0 atom stereocenters. The van der Waals surface area contributed by atoms with E-state index in [2.05, 4.69) is 16.4 Å². The maximum absolute atomic E-state index is 9.12. The maximum Gasteiger partial charge on any atom is 0.144 e. The fourth-order valence-corrected chi connectivity index (χ4v) is 1.76. The van der Waals surface area contributed by atoms with Gasteiger partial charge in [-0.05, 0) is 36.2 Å². The average Bonchev–Trinajstić information content (AvgIpc) is 2.45. The number of nitrogens with zero attached hydrogens (tertiary/aromatic N) is 2. The van der Waals surface area contributed by atoms with Gasteiger partial charge in [-0.1, -0.05) is 12.1 Å². The van der Waals surface area contributed by atoms with E-state index in [4.69, 9.17) is 10.00 Å². The zero-order valence-corrected chi connectivity index (χ0v) is 11.0. The smallest absolute Gasteiger partial charge is 0.144 e. The molecule has 0 saturated heterocycles. The van der Waals surface area contributed by atoms with Gasteiger partial charge in [0.15, 0.2) is 0 Å². The molecule has 0 unspecified atom stereocenters. The number of nitrogens with one attached hydrogen (secondary N) is 1. The molecule has 2 aromatic rings. The van der Waals surface area contributed by atoms with Crippen LogP contribution in [0.3, 0.4) is 0 Å². The van der Waals surface area contributed by atoms with Crippen molar-refractivity contribution in [1.82, 2.24) is 4.98 Å². The maximum atomic E-state index is 9.12. The molecule has 2 rings (SSSR count). The Morgan fingerprint density at radius 1 is 1.26 bits per heavy atom. The number of anilines is 1. The van der Waals surface area contributed by atoms with Gasteiger partial charge >= 0.3 is 0 Å². The Labute approximate surface area is 112 Å². The summed E-state index contributed by atoms with van der Waals surface area (Å²) in [4.78, 5) is 4.20.